The number of halogens is 11. The van der Waals surface area contributed by atoms with Gasteiger partial charge in [-0.3, -0.25) is 4.79 Å². The molecule has 1 saturated carbocycles. The molecule has 1 amide bonds. The Morgan fingerprint density at radius 2 is 1.66 bits per heavy atom. The number of nitriles is 2. The van der Waals surface area contributed by atoms with E-state index in [0.29, 0.717) is 11.7 Å². The Labute approximate surface area is 261 Å². The smallest absolute Gasteiger partial charge is 0.356 e. The van der Waals surface area contributed by atoms with Crippen molar-refractivity contribution in [2.75, 3.05) is 6.54 Å². The van der Waals surface area contributed by atoms with Crippen LogP contribution in [-0.2, 0) is 23.3 Å². The van der Waals surface area contributed by atoms with Gasteiger partial charge in [0.25, 0.3) is 11.8 Å². The normalized spacial score (nSPS) is 15.1. The molecule has 0 saturated heterocycles. The zero-order valence-corrected chi connectivity index (χ0v) is 24.4. The molecule has 23 heteroatoms. The predicted molar refractivity (Wildman–Crippen MR) is 136 cm³/mol. The van der Waals surface area contributed by atoms with E-state index in [1.165, 1.54) is 12.1 Å². The lowest BCUT2D eigenvalue weighted by atomic mass is 10.0. The molecular weight excluding hydrogens is 708 g/mol. The molecule has 4 rings (SSSR count). The number of hydrogen-bond donors (Lipinski definition) is 0. The number of benzene rings is 1. The van der Waals surface area contributed by atoms with Gasteiger partial charge in [-0.15, -0.1) is 5.10 Å². The molecule has 2 aromatic heterocycles. The Bertz CT molecular complexity index is 1920. The van der Waals surface area contributed by atoms with Crippen molar-refractivity contribution in [2.45, 2.75) is 41.9 Å². The highest BCUT2D eigenvalue weighted by atomic mass is 35.5. The number of carbonyl (C=O) groups excluding carboxylic acids is 1. The van der Waals surface area contributed by atoms with Gasteiger partial charge in [-0.1, -0.05) is 17.7 Å². The summed E-state index contributed by atoms with van der Waals surface area (Å²) in [5.74, 6) is -4.51. The molecule has 0 radical (unpaired) electrons. The van der Waals surface area contributed by atoms with Crippen LogP contribution in [0, 0.1) is 22.7 Å². The van der Waals surface area contributed by atoms with Crippen molar-refractivity contribution in [3.05, 3.63) is 46.7 Å². The van der Waals surface area contributed by atoms with E-state index in [1.54, 1.807) is 6.07 Å². The van der Waals surface area contributed by atoms with Crippen molar-refractivity contribution in [3.8, 4) is 35.0 Å². The Balaban J connectivity index is 1.79. The summed E-state index contributed by atoms with van der Waals surface area (Å²) in [5.41, 5.74) is -3.86. The molecule has 0 atom stereocenters. The molecular formula is C24H14ClF10N7O4S. The van der Waals surface area contributed by atoms with Crippen molar-refractivity contribution in [1.82, 2.24) is 24.5 Å². The standard InChI is InChI=1S/C24H14ClF10N7O4S/c1-40-18(16(21(26,27)28)17(39-40)46-47(44,45)22(29,23(30,31)32)24(33,34)35)42-10-13(9-38-42)12-2-3-15(25)14(8-12)19(43)41(7-6-36)20(11-37)4-5-20/h2-3,8-10H,4-5,7H2,1H3. The Morgan fingerprint density at radius 1 is 1.06 bits per heavy atom. The highest BCUT2D eigenvalue weighted by Crippen LogP contribution is 2.51. The number of rotatable bonds is 8. The van der Waals surface area contributed by atoms with Gasteiger partial charge >= 0.3 is 33.6 Å². The maximum Gasteiger partial charge on any atom is 0.450 e. The lowest BCUT2D eigenvalue weighted by Gasteiger charge is -2.28. The van der Waals surface area contributed by atoms with Crippen molar-refractivity contribution in [2.24, 2.45) is 7.05 Å². The largest absolute Gasteiger partial charge is 0.450 e. The SMILES string of the molecule is Cn1nc(OS(=O)(=O)C(F)(C(F)(F)F)C(F)(F)F)c(C(F)(F)F)c1-n1cc(-c2ccc(Cl)c(C(=O)N(CC#N)C3(C#N)CC3)c2)cn1. The number of carbonyl (C=O) groups is 1. The van der Waals surface area contributed by atoms with Crippen molar-refractivity contribution >= 4 is 27.6 Å². The van der Waals surface area contributed by atoms with Crippen LogP contribution in [0.1, 0.15) is 28.8 Å². The van der Waals surface area contributed by atoms with Crippen LogP contribution < -0.4 is 4.18 Å². The Morgan fingerprint density at radius 3 is 2.15 bits per heavy atom. The average molecular weight is 722 g/mol. The van der Waals surface area contributed by atoms with Crippen molar-refractivity contribution < 1.29 is 61.3 Å². The number of aryl methyl sites for hydroxylation is 1. The molecule has 3 aromatic rings. The van der Waals surface area contributed by atoms with Crippen molar-refractivity contribution in [1.29, 1.82) is 10.5 Å². The van der Waals surface area contributed by atoms with E-state index in [4.69, 9.17) is 16.9 Å². The molecule has 1 aliphatic carbocycles. The third kappa shape index (κ3) is 5.91. The summed E-state index contributed by atoms with van der Waals surface area (Å²) in [4.78, 5) is 14.3. The minimum absolute atomic E-state index is 0.0510. The summed E-state index contributed by atoms with van der Waals surface area (Å²) in [6, 6.07) is 7.34. The predicted octanol–water partition coefficient (Wildman–Crippen LogP) is 5.47. The number of nitrogens with zero attached hydrogens (tertiary/aromatic N) is 7. The lowest BCUT2D eigenvalue weighted by molar-refractivity contribution is -0.307. The minimum Gasteiger partial charge on any atom is -0.356 e. The zero-order valence-electron chi connectivity index (χ0n) is 22.8. The van der Waals surface area contributed by atoms with Gasteiger partial charge in [0.2, 0.25) is 0 Å². The Kier molecular flexibility index (Phi) is 8.48. The second-order valence-electron chi connectivity index (χ2n) is 9.81. The summed E-state index contributed by atoms with van der Waals surface area (Å²) in [6.45, 7) is -0.485. The van der Waals surface area contributed by atoms with E-state index in [0.717, 1.165) is 23.4 Å². The molecule has 0 N–H and O–H groups in total. The van der Waals surface area contributed by atoms with Gasteiger partial charge in [-0.2, -0.15) is 63.6 Å². The fourth-order valence-corrected chi connectivity index (χ4v) is 5.52. The summed E-state index contributed by atoms with van der Waals surface area (Å²) in [6.07, 6.45) is -18.0. The van der Waals surface area contributed by atoms with E-state index in [9.17, 15) is 62.4 Å². The average Bonchev–Trinajstić information content (AvgIpc) is 3.45. The molecule has 0 unspecified atom stereocenters. The van der Waals surface area contributed by atoms with Gasteiger partial charge in [-0.25, -0.2) is 13.8 Å². The van der Waals surface area contributed by atoms with Gasteiger partial charge in [0.1, 0.15) is 12.1 Å². The third-order valence-electron chi connectivity index (χ3n) is 6.78. The first kappa shape index (κ1) is 35.3. The first-order chi connectivity index (χ1) is 21.5. The molecule has 0 aliphatic heterocycles. The highest BCUT2D eigenvalue weighted by molar-refractivity contribution is 7.88. The quantitative estimate of drug-likeness (QED) is 0.169. The zero-order chi connectivity index (χ0) is 35.5. The molecule has 1 aromatic carbocycles. The van der Waals surface area contributed by atoms with Gasteiger partial charge in [0.05, 0.1) is 28.9 Å². The first-order valence-electron chi connectivity index (χ1n) is 12.3. The summed E-state index contributed by atoms with van der Waals surface area (Å²) < 4.78 is 163. The number of aromatic nitrogens is 4. The molecule has 0 bridgehead atoms. The second-order valence-corrected chi connectivity index (χ2v) is 11.9. The van der Waals surface area contributed by atoms with Crippen LogP contribution in [0.15, 0.2) is 30.6 Å². The maximum absolute atomic E-state index is 14.3. The van der Waals surface area contributed by atoms with Crippen LogP contribution in [-0.4, -0.2) is 68.2 Å². The maximum atomic E-state index is 14.3. The number of alkyl halides is 10. The van der Waals surface area contributed by atoms with E-state index in [1.807, 2.05) is 6.07 Å². The molecule has 1 fully saturated rings. The summed E-state index contributed by atoms with van der Waals surface area (Å²) in [7, 11) is -6.98. The number of amides is 1. The molecule has 47 heavy (non-hydrogen) atoms. The van der Waals surface area contributed by atoms with Crippen LogP contribution in [0.4, 0.5) is 43.9 Å². The van der Waals surface area contributed by atoms with E-state index >= 15 is 0 Å². The van der Waals surface area contributed by atoms with Crippen LogP contribution in [0.2, 0.25) is 5.02 Å². The van der Waals surface area contributed by atoms with E-state index < -0.39 is 68.9 Å². The highest BCUT2D eigenvalue weighted by Gasteiger charge is 2.82. The summed E-state index contributed by atoms with van der Waals surface area (Å²) >= 11 is 6.17. The van der Waals surface area contributed by atoms with E-state index in [-0.39, 0.29) is 39.2 Å². The molecule has 11 nitrogen and oxygen atoms in total. The number of hydrogen-bond acceptors (Lipinski definition) is 8. The monoisotopic (exact) mass is 721 g/mol. The van der Waals surface area contributed by atoms with Crippen LogP contribution in [0.25, 0.3) is 16.9 Å². The summed E-state index contributed by atoms with van der Waals surface area (Å²) in [5, 5.41) is 18.0. The van der Waals surface area contributed by atoms with Crippen molar-refractivity contribution in [3.63, 3.8) is 0 Å². The van der Waals surface area contributed by atoms with Gasteiger partial charge < -0.3 is 9.08 Å². The molecule has 1 aliphatic rings. The second kappa shape index (κ2) is 11.3. The van der Waals surface area contributed by atoms with Gasteiger partial charge in [0, 0.05) is 18.8 Å². The van der Waals surface area contributed by atoms with E-state index in [2.05, 4.69) is 14.4 Å². The van der Waals surface area contributed by atoms with Gasteiger partial charge in [0.15, 0.2) is 11.4 Å². The Hall–Kier alpha value is -4.57. The topological polar surface area (TPSA) is 147 Å². The fourth-order valence-electron chi connectivity index (χ4n) is 4.32. The van der Waals surface area contributed by atoms with Crippen LogP contribution in [0.3, 0.4) is 0 Å². The van der Waals surface area contributed by atoms with Gasteiger partial charge in [-0.05, 0) is 30.5 Å². The van der Waals surface area contributed by atoms with Crippen LogP contribution in [0.5, 0.6) is 5.88 Å². The van der Waals surface area contributed by atoms with Crippen LogP contribution >= 0.6 is 11.6 Å². The molecule has 252 valence electrons. The molecule has 2 heterocycles. The minimum atomic E-state index is -7.64. The third-order valence-corrected chi connectivity index (χ3v) is 8.64. The first-order valence-corrected chi connectivity index (χ1v) is 14.1. The molecule has 0 spiro atoms. The lowest BCUT2D eigenvalue weighted by Crippen LogP contribution is -2.60. The fraction of sp³-hybridized carbons (Fsp3) is 0.375.